The normalized spacial score (nSPS) is 31.6. The molecule has 0 aromatic carbocycles. The Kier molecular flexibility index (Phi) is 2.30. The van der Waals surface area contributed by atoms with Crippen LogP contribution in [0.5, 0.6) is 0 Å². The van der Waals surface area contributed by atoms with E-state index in [1.807, 2.05) is 4.90 Å². The molecular weight excluding hydrogens is 176 g/mol. The van der Waals surface area contributed by atoms with Crippen LogP contribution < -0.4 is 5.73 Å². The molecule has 1 aliphatic heterocycles. The van der Waals surface area contributed by atoms with E-state index in [1.165, 1.54) is 19.3 Å². The summed E-state index contributed by atoms with van der Waals surface area (Å²) in [6.45, 7) is 4.87. The molecule has 1 spiro atoms. The molecule has 1 aliphatic carbocycles. The molecule has 80 valence electrons. The molecule has 0 aromatic heterocycles. The van der Waals surface area contributed by atoms with Gasteiger partial charge in [-0.3, -0.25) is 4.79 Å². The lowest BCUT2D eigenvalue weighted by molar-refractivity contribution is -0.137. The number of hydrogen-bond acceptors (Lipinski definition) is 2. The van der Waals surface area contributed by atoms with Gasteiger partial charge in [-0.15, -0.1) is 0 Å². The van der Waals surface area contributed by atoms with Gasteiger partial charge in [-0.2, -0.15) is 0 Å². The molecular formula is C11H20N2O. The van der Waals surface area contributed by atoms with Gasteiger partial charge in [0.1, 0.15) is 0 Å². The number of piperidine rings is 1. The molecule has 3 heteroatoms. The van der Waals surface area contributed by atoms with Crippen molar-refractivity contribution in [3.8, 4) is 0 Å². The molecule has 0 unspecified atom stereocenters. The molecule has 14 heavy (non-hydrogen) atoms. The maximum Gasteiger partial charge on any atom is 0.239 e. The molecule has 2 atom stereocenters. The predicted octanol–water partition coefficient (Wildman–Crippen LogP) is 1.12. The number of nitrogens with two attached hydrogens (primary N) is 1. The van der Waals surface area contributed by atoms with Crippen molar-refractivity contribution in [2.45, 2.75) is 51.6 Å². The first-order valence-corrected chi connectivity index (χ1v) is 5.60. The first-order valence-electron chi connectivity index (χ1n) is 5.60. The molecule has 0 bridgehead atoms. The zero-order valence-electron chi connectivity index (χ0n) is 9.12. The maximum absolute atomic E-state index is 11.8. The minimum Gasteiger partial charge on any atom is -0.338 e. The van der Waals surface area contributed by atoms with Crippen LogP contribution in [0.15, 0.2) is 0 Å². The van der Waals surface area contributed by atoms with Crippen molar-refractivity contribution in [2.24, 2.45) is 11.1 Å². The number of likely N-dealkylation sites (tertiary alicyclic amines) is 1. The van der Waals surface area contributed by atoms with Crippen LogP contribution in [0.3, 0.4) is 0 Å². The van der Waals surface area contributed by atoms with E-state index >= 15 is 0 Å². The van der Waals surface area contributed by atoms with Crippen molar-refractivity contribution < 1.29 is 4.79 Å². The third-order valence-corrected chi connectivity index (χ3v) is 3.76. The molecule has 2 rings (SSSR count). The molecule has 1 saturated carbocycles. The second-order valence-electron chi connectivity index (χ2n) is 5.14. The highest BCUT2D eigenvalue weighted by molar-refractivity contribution is 5.81. The van der Waals surface area contributed by atoms with Crippen LogP contribution in [0, 0.1) is 5.41 Å². The lowest BCUT2D eigenvalue weighted by Crippen LogP contribution is -2.51. The van der Waals surface area contributed by atoms with Crippen molar-refractivity contribution in [1.82, 2.24) is 4.90 Å². The molecule has 0 radical (unpaired) electrons. The van der Waals surface area contributed by atoms with E-state index in [-0.39, 0.29) is 11.9 Å². The van der Waals surface area contributed by atoms with Gasteiger partial charge in [-0.05, 0) is 44.9 Å². The van der Waals surface area contributed by atoms with Gasteiger partial charge in [0.05, 0.1) is 6.04 Å². The molecule has 1 saturated heterocycles. The summed E-state index contributed by atoms with van der Waals surface area (Å²) in [5.41, 5.74) is 6.14. The molecule has 0 aromatic rings. The van der Waals surface area contributed by atoms with Gasteiger partial charge in [0.15, 0.2) is 0 Å². The van der Waals surface area contributed by atoms with Gasteiger partial charge in [-0.25, -0.2) is 0 Å². The highest BCUT2D eigenvalue weighted by Gasteiger charge is 2.48. The van der Waals surface area contributed by atoms with Crippen molar-refractivity contribution in [3.05, 3.63) is 0 Å². The average molecular weight is 196 g/mol. The van der Waals surface area contributed by atoms with Gasteiger partial charge in [0, 0.05) is 12.6 Å². The van der Waals surface area contributed by atoms with Crippen molar-refractivity contribution in [1.29, 1.82) is 0 Å². The van der Waals surface area contributed by atoms with Crippen molar-refractivity contribution >= 4 is 5.91 Å². The SMILES string of the molecule is C[C@@H]1CCC2(CC2)CN1C(=O)[C@@H](C)N. The van der Waals surface area contributed by atoms with Crippen LogP contribution in [-0.2, 0) is 4.79 Å². The monoisotopic (exact) mass is 196 g/mol. The quantitative estimate of drug-likeness (QED) is 0.683. The molecule has 1 heterocycles. The van der Waals surface area contributed by atoms with Gasteiger partial charge < -0.3 is 10.6 Å². The van der Waals surface area contributed by atoms with E-state index in [4.69, 9.17) is 5.73 Å². The maximum atomic E-state index is 11.8. The van der Waals surface area contributed by atoms with Crippen LogP contribution >= 0.6 is 0 Å². The van der Waals surface area contributed by atoms with E-state index in [9.17, 15) is 4.79 Å². The zero-order chi connectivity index (χ0) is 10.3. The number of nitrogens with zero attached hydrogens (tertiary/aromatic N) is 1. The number of hydrogen-bond donors (Lipinski definition) is 1. The van der Waals surface area contributed by atoms with E-state index in [1.54, 1.807) is 6.92 Å². The topological polar surface area (TPSA) is 46.3 Å². The van der Waals surface area contributed by atoms with Gasteiger partial charge in [-0.1, -0.05) is 0 Å². The first-order chi connectivity index (χ1) is 6.54. The Morgan fingerprint density at radius 2 is 2.14 bits per heavy atom. The van der Waals surface area contributed by atoms with Crippen LogP contribution in [0.25, 0.3) is 0 Å². The predicted molar refractivity (Wildman–Crippen MR) is 55.7 cm³/mol. The third kappa shape index (κ3) is 1.65. The smallest absolute Gasteiger partial charge is 0.239 e. The fourth-order valence-corrected chi connectivity index (χ4v) is 2.41. The van der Waals surface area contributed by atoms with Gasteiger partial charge in [0.2, 0.25) is 5.91 Å². The standard InChI is InChI=1S/C11H20N2O/c1-8-3-4-11(5-6-11)7-13(8)10(14)9(2)12/h8-9H,3-7,12H2,1-2H3/t8-,9-/m1/s1. The van der Waals surface area contributed by atoms with Crippen molar-refractivity contribution in [3.63, 3.8) is 0 Å². The summed E-state index contributed by atoms with van der Waals surface area (Å²) >= 11 is 0. The highest BCUT2D eigenvalue weighted by atomic mass is 16.2. The van der Waals surface area contributed by atoms with Crippen molar-refractivity contribution in [2.75, 3.05) is 6.54 Å². The van der Waals surface area contributed by atoms with Gasteiger partial charge in [0.25, 0.3) is 0 Å². The summed E-state index contributed by atoms with van der Waals surface area (Å²) in [5.74, 6) is 0.128. The van der Waals surface area contributed by atoms with E-state index in [0.717, 1.165) is 13.0 Å². The Hall–Kier alpha value is -0.570. The largest absolute Gasteiger partial charge is 0.338 e. The average Bonchev–Trinajstić information content (AvgIpc) is 2.89. The highest BCUT2D eigenvalue weighted by Crippen LogP contribution is 2.53. The molecule has 3 nitrogen and oxygen atoms in total. The summed E-state index contributed by atoms with van der Waals surface area (Å²) in [6, 6.07) is 0.0473. The summed E-state index contributed by atoms with van der Waals surface area (Å²) in [7, 11) is 0. The Labute approximate surface area is 85.6 Å². The van der Waals surface area contributed by atoms with Crippen LogP contribution in [0.1, 0.15) is 39.5 Å². The second-order valence-corrected chi connectivity index (χ2v) is 5.14. The third-order valence-electron chi connectivity index (χ3n) is 3.76. The van der Waals surface area contributed by atoms with Gasteiger partial charge >= 0.3 is 0 Å². The first kappa shape index (κ1) is 9.97. The Morgan fingerprint density at radius 3 is 2.64 bits per heavy atom. The van der Waals surface area contributed by atoms with E-state index in [2.05, 4.69) is 6.92 Å². The fourth-order valence-electron chi connectivity index (χ4n) is 2.41. The summed E-state index contributed by atoms with van der Waals surface area (Å²) in [4.78, 5) is 13.8. The molecule has 2 N–H and O–H groups in total. The Balaban J connectivity index is 2.04. The number of carbonyl (C=O) groups excluding carboxylic acids is 1. The molecule has 1 amide bonds. The van der Waals surface area contributed by atoms with E-state index < -0.39 is 0 Å². The van der Waals surface area contributed by atoms with Crippen LogP contribution in [0.4, 0.5) is 0 Å². The minimum atomic E-state index is -0.341. The fraction of sp³-hybridized carbons (Fsp3) is 0.909. The van der Waals surface area contributed by atoms with Crippen LogP contribution in [-0.4, -0.2) is 29.4 Å². The van der Waals surface area contributed by atoms with E-state index in [0.29, 0.717) is 11.5 Å². The molecule has 2 fully saturated rings. The lowest BCUT2D eigenvalue weighted by Gasteiger charge is -2.39. The number of rotatable bonds is 1. The minimum absolute atomic E-state index is 0.128. The lowest BCUT2D eigenvalue weighted by atomic mass is 9.90. The summed E-state index contributed by atoms with van der Waals surface area (Å²) in [5, 5.41) is 0. The molecule has 2 aliphatic rings. The zero-order valence-corrected chi connectivity index (χ0v) is 9.12. The summed E-state index contributed by atoms with van der Waals surface area (Å²) in [6.07, 6.45) is 5.07. The second kappa shape index (κ2) is 3.23. The van der Waals surface area contributed by atoms with Crippen LogP contribution in [0.2, 0.25) is 0 Å². The number of amides is 1. The summed E-state index contributed by atoms with van der Waals surface area (Å²) < 4.78 is 0. The Morgan fingerprint density at radius 1 is 1.50 bits per heavy atom. The number of carbonyl (C=O) groups is 1. The Bertz CT molecular complexity index is 246.